The summed E-state index contributed by atoms with van der Waals surface area (Å²) in [6, 6.07) is 7.50. The molecule has 90 valence electrons. The highest BCUT2D eigenvalue weighted by Crippen LogP contribution is 2.20. The maximum Gasteiger partial charge on any atom is 0.217 e. The molecule has 1 heterocycles. The molecular weight excluding hydrogens is 216 g/mol. The van der Waals surface area contributed by atoms with E-state index in [1.165, 1.54) is 0 Å². The Labute approximate surface area is 101 Å². The van der Waals surface area contributed by atoms with Gasteiger partial charge in [-0.15, -0.1) is 5.11 Å². The molecule has 1 aromatic rings. The number of ether oxygens (including phenoxy) is 1. The van der Waals surface area contributed by atoms with Crippen molar-refractivity contribution in [2.45, 2.75) is 6.29 Å². The van der Waals surface area contributed by atoms with Crippen LogP contribution in [-0.2, 0) is 0 Å². The Bertz CT molecular complexity index is 415. The second-order valence-corrected chi connectivity index (χ2v) is 3.89. The van der Waals surface area contributed by atoms with Gasteiger partial charge in [-0.2, -0.15) is 5.11 Å². The fourth-order valence-corrected chi connectivity index (χ4v) is 1.58. The van der Waals surface area contributed by atoms with Crippen LogP contribution in [0.15, 0.2) is 46.9 Å². The number of azo groups is 1. The van der Waals surface area contributed by atoms with E-state index in [4.69, 9.17) is 4.74 Å². The third-order valence-electron chi connectivity index (χ3n) is 2.61. The molecule has 0 aromatic heterocycles. The van der Waals surface area contributed by atoms with Gasteiger partial charge in [-0.1, -0.05) is 0 Å². The first-order valence-electron chi connectivity index (χ1n) is 5.38. The molecule has 5 nitrogen and oxygen atoms in total. The van der Waals surface area contributed by atoms with Gasteiger partial charge >= 0.3 is 0 Å². The minimum absolute atomic E-state index is 0.0582. The van der Waals surface area contributed by atoms with Gasteiger partial charge in [-0.3, -0.25) is 0 Å². The first kappa shape index (κ1) is 11.4. The van der Waals surface area contributed by atoms with Crippen molar-refractivity contribution in [3.8, 4) is 5.75 Å². The number of nitrogens with zero attached hydrogens (tertiary/aromatic N) is 4. The van der Waals surface area contributed by atoms with Gasteiger partial charge in [0.1, 0.15) is 5.75 Å². The molecule has 5 heteroatoms. The number of hydrogen-bond acceptors (Lipinski definition) is 5. The molecule has 0 spiro atoms. The van der Waals surface area contributed by atoms with Gasteiger partial charge in [0, 0.05) is 26.5 Å². The Morgan fingerprint density at radius 3 is 2.18 bits per heavy atom. The van der Waals surface area contributed by atoms with Gasteiger partial charge in [-0.25, -0.2) is 0 Å². The molecule has 0 atom stereocenters. The molecule has 0 aliphatic carbocycles. The SMILES string of the molecule is COc1ccc(/N=N/C2N(C)C=CN2C)cc1. The van der Waals surface area contributed by atoms with Crippen LogP contribution >= 0.6 is 0 Å². The molecule has 0 saturated heterocycles. The van der Waals surface area contributed by atoms with Crippen molar-refractivity contribution in [2.75, 3.05) is 21.2 Å². The van der Waals surface area contributed by atoms with Crippen molar-refractivity contribution < 1.29 is 4.74 Å². The second kappa shape index (κ2) is 4.86. The standard InChI is InChI=1S/C12H16N4O/c1-15-8-9-16(2)12(15)14-13-10-4-6-11(17-3)7-5-10/h4-9,12H,1-3H3/b14-13+. The Hall–Kier alpha value is -2.04. The summed E-state index contributed by atoms with van der Waals surface area (Å²) in [5, 5.41) is 8.50. The van der Waals surface area contributed by atoms with E-state index in [-0.39, 0.29) is 6.29 Å². The molecule has 1 aliphatic rings. The average Bonchev–Trinajstić information content (AvgIpc) is 2.67. The van der Waals surface area contributed by atoms with Crippen molar-refractivity contribution in [2.24, 2.45) is 10.2 Å². The lowest BCUT2D eigenvalue weighted by molar-refractivity contribution is 0.206. The van der Waals surface area contributed by atoms with Crippen LogP contribution in [0.5, 0.6) is 5.75 Å². The summed E-state index contributed by atoms with van der Waals surface area (Å²) in [5.41, 5.74) is 0.819. The van der Waals surface area contributed by atoms with Crippen LogP contribution in [0.3, 0.4) is 0 Å². The van der Waals surface area contributed by atoms with E-state index in [9.17, 15) is 0 Å². The molecule has 0 amide bonds. The summed E-state index contributed by atoms with van der Waals surface area (Å²) in [6.07, 6.45) is 3.88. The summed E-state index contributed by atoms with van der Waals surface area (Å²) in [4.78, 5) is 3.99. The topological polar surface area (TPSA) is 40.4 Å². The molecule has 1 aromatic carbocycles. The number of rotatable bonds is 3. The average molecular weight is 232 g/mol. The monoisotopic (exact) mass is 232 g/mol. The van der Waals surface area contributed by atoms with E-state index in [1.54, 1.807) is 7.11 Å². The highest BCUT2D eigenvalue weighted by Gasteiger charge is 2.18. The van der Waals surface area contributed by atoms with Crippen LogP contribution in [-0.4, -0.2) is 37.3 Å². The molecule has 0 saturated carbocycles. The lowest BCUT2D eigenvalue weighted by Gasteiger charge is -2.21. The summed E-state index contributed by atoms with van der Waals surface area (Å²) in [6.45, 7) is 0. The zero-order valence-corrected chi connectivity index (χ0v) is 10.2. The molecule has 2 rings (SSSR count). The van der Waals surface area contributed by atoms with Gasteiger partial charge < -0.3 is 14.5 Å². The lowest BCUT2D eigenvalue weighted by Crippen LogP contribution is -2.31. The van der Waals surface area contributed by atoms with Gasteiger partial charge in [0.05, 0.1) is 12.8 Å². The highest BCUT2D eigenvalue weighted by atomic mass is 16.5. The van der Waals surface area contributed by atoms with Crippen LogP contribution < -0.4 is 4.74 Å². The molecule has 0 N–H and O–H groups in total. The van der Waals surface area contributed by atoms with Crippen molar-refractivity contribution >= 4 is 5.69 Å². The minimum atomic E-state index is -0.0582. The van der Waals surface area contributed by atoms with Gasteiger partial charge in [0.2, 0.25) is 6.29 Å². The van der Waals surface area contributed by atoms with Crippen LogP contribution in [0.2, 0.25) is 0 Å². The van der Waals surface area contributed by atoms with Gasteiger partial charge in [0.15, 0.2) is 0 Å². The summed E-state index contributed by atoms with van der Waals surface area (Å²) < 4.78 is 5.08. The summed E-state index contributed by atoms with van der Waals surface area (Å²) in [7, 11) is 5.58. The Balaban J connectivity index is 2.04. The minimum Gasteiger partial charge on any atom is -0.497 e. The van der Waals surface area contributed by atoms with Crippen molar-refractivity contribution in [1.82, 2.24) is 9.80 Å². The van der Waals surface area contributed by atoms with E-state index >= 15 is 0 Å². The number of benzene rings is 1. The zero-order valence-electron chi connectivity index (χ0n) is 10.2. The maximum atomic E-state index is 5.08. The quantitative estimate of drug-likeness (QED) is 0.751. The predicted octanol–water partition coefficient (Wildman–Crippen LogP) is 2.41. The second-order valence-electron chi connectivity index (χ2n) is 3.89. The smallest absolute Gasteiger partial charge is 0.217 e. The number of hydrogen-bond donors (Lipinski definition) is 0. The van der Waals surface area contributed by atoms with E-state index in [0.29, 0.717) is 0 Å². The van der Waals surface area contributed by atoms with Crippen LogP contribution in [0, 0.1) is 0 Å². The molecule has 17 heavy (non-hydrogen) atoms. The Morgan fingerprint density at radius 1 is 1.06 bits per heavy atom. The van der Waals surface area contributed by atoms with Gasteiger partial charge in [-0.05, 0) is 24.3 Å². The Morgan fingerprint density at radius 2 is 1.65 bits per heavy atom. The van der Waals surface area contributed by atoms with Crippen molar-refractivity contribution in [1.29, 1.82) is 0 Å². The van der Waals surface area contributed by atoms with Crippen LogP contribution in [0.4, 0.5) is 5.69 Å². The summed E-state index contributed by atoms with van der Waals surface area (Å²) in [5.74, 6) is 0.820. The van der Waals surface area contributed by atoms with Crippen molar-refractivity contribution in [3.05, 3.63) is 36.7 Å². The van der Waals surface area contributed by atoms with Crippen LogP contribution in [0.25, 0.3) is 0 Å². The normalized spacial score (nSPS) is 16.2. The zero-order chi connectivity index (χ0) is 12.3. The molecule has 0 unspecified atom stereocenters. The number of methoxy groups -OCH3 is 1. The highest BCUT2D eigenvalue weighted by molar-refractivity contribution is 5.40. The Kier molecular flexibility index (Phi) is 3.27. The molecule has 1 aliphatic heterocycles. The predicted molar refractivity (Wildman–Crippen MR) is 66.0 cm³/mol. The molecular formula is C12H16N4O. The maximum absolute atomic E-state index is 5.08. The van der Waals surface area contributed by atoms with E-state index in [0.717, 1.165) is 11.4 Å². The fraction of sp³-hybridized carbons (Fsp3) is 0.333. The third-order valence-corrected chi connectivity index (χ3v) is 2.61. The van der Waals surface area contributed by atoms with Crippen LogP contribution in [0.1, 0.15) is 0 Å². The first-order chi connectivity index (χ1) is 8.20. The van der Waals surface area contributed by atoms with E-state index in [1.807, 2.05) is 60.6 Å². The summed E-state index contributed by atoms with van der Waals surface area (Å²) >= 11 is 0. The fourth-order valence-electron chi connectivity index (χ4n) is 1.58. The molecule has 0 bridgehead atoms. The molecule has 0 fully saturated rings. The van der Waals surface area contributed by atoms with E-state index < -0.39 is 0 Å². The first-order valence-corrected chi connectivity index (χ1v) is 5.38. The molecule has 0 radical (unpaired) electrons. The lowest BCUT2D eigenvalue weighted by atomic mass is 10.3. The third kappa shape index (κ3) is 2.55. The van der Waals surface area contributed by atoms with Gasteiger partial charge in [0.25, 0.3) is 0 Å². The largest absolute Gasteiger partial charge is 0.497 e. The van der Waals surface area contributed by atoms with E-state index in [2.05, 4.69) is 10.2 Å². The van der Waals surface area contributed by atoms with Crippen molar-refractivity contribution in [3.63, 3.8) is 0 Å².